The molecule has 2 aromatic carbocycles. The van der Waals surface area contributed by atoms with E-state index in [9.17, 15) is 0 Å². The van der Waals surface area contributed by atoms with Crippen molar-refractivity contribution in [3.05, 3.63) is 60.2 Å². The van der Waals surface area contributed by atoms with E-state index >= 15 is 0 Å². The Morgan fingerprint density at radius 3 is 2.13 bits per heavy atom. The molecular weight excluding hydrogens is 290 g/mol. The van der Waals surface area contributed by atoms with Gasteiger partial charge in [0.25, 0.3) is 0 Å². The van der Waals surface area contributed by atoms with Gasteiger partial charge in [0, 0.05) is 18.9 Å². The number of anilines is 1. The van der Waals surface area contributed by atoms with E-state index < -0.39 is 0 Å². The molecule has 4 nitrogen and oxygen atoms in total. The van der Waals surface area contributed by atoms with Crippen LogP contribution in [0.3, 0.4) is 0 Å². The molecule has 0 amide bonds. The maximum absolute atomic E-state index is 5.77. The van der Waals surface area contributed by atoms with Gasteiger partial charge < -0.3 is 19.5 Å². The topological polar surface area (TPSA) is 39.7 Å². The van der Waals surface area contributed by atoms with E-state index in [0.29, 0.717) is 26.4 Å². The highest BCUT2D eigenvalue weighted by Gasteiger charge is 2.07. The molecular formula is C19H25NO3. The Bertz CT molecular complexity index is 536. The lowest BCUT2D eigenvalue weighted by Crippen LogP contribution is -2.26. The summed E-state index contributed by atoms with van der Waals surface area (Å²) in [6, 6.07) is 18.0. The van der Waals surface area contributed by atoms with Crippen molar-refractivity contribution in [1.82, 2.24) is 0 Å². The molecule has 0 spiro atoms. The molecule has 0 saturated heterocycles. The van der Waals surface area contributed by atoms with Crippen molar-refractivity contribution in [3.63, 3.8) is 0 Å². The summed E-state index contributed by atoms with van der Waals surface area (Å²) >= 11 is 0. The second-order valence-electron chi connectivity index (χ2n) is 5.02. The summed E-state index contributed by atoms with van der Waals surface area (Å²) in [5, 5.41) is 3.31. The fourth-order valence-electron chi connectivity index (χ4n) is 2.15. The zero-order valence-corrected chi connectivity index (χ0v) is 13.8. The van der Waals surface area contributed by atoms with Crippen LogP contribution in [0.2, 0.25) is 0 Å². The van der Waals surface area contributed by atoms with E-state index in [1.165, 1.54) is 0 Å². The highest BCUT2D eigenvalue weighted by Crippen LogP contribution is 2.17. The van der Waals surface area contributed by atoms with E-state index in [1.54, 1.807) is 0 Å². The van der Waals surface area contributed by atoms with Gasteiger partial charge in [0.15, 0.2) is 6.29 Å². The molecule has 0 aliphatic heterocycles. The van der Waals surface area contributed by atoms with Crippen molar-refractivity contribution >= 4 is 5.69 Å². The van der Waals surface area contributed by atoms with Gasteiger partial charge in [0.2, 0.25) is 0 Å². The summed E-state index contributed by atoms with van der Waals surface area (Å²) in [6.07, 6.45) is -0.223. The second kappa shape index (κ2) is 9.87. The summed E-state index contributed by atoms with van der Waals surface area (Å²) in [7, 11) is 0. The van der Waals surface area contributed by atoms with Crippen LogP contribution in [0.25, 0.3) is 0 Å². The number of nitrogens with one attached hydrogen (secondary N) is 1. The van der Waals surface area contributed by atoms with Crippen LogP contribution in [-0.2, 0) is 16.1 Å². The molecule has 0 radical (unpaired) electrons. The van der Waals surface area contributed by atoms with Gasteiger partial charge in [-0.05, 0) is 43.7 Å². The Kier molecular flexibility index (Phi) is 7.43. The highest BCUT2D eigenvalue weighted by molar-refractivity contribution is 5.46. The van der Waals surface area contributed by atoms with Gasteiger partial charge in [-0.3, -0.25) is 0 Å². The van der Waals surface area contributed by atoms with Gasteiger partial charge in [-0.1, -0.05) is 30.3 Å². The summed E-state index contributed by atoms with van der Waals surface area (Å²) in [5.41, 5.74) is 2.17. The predicted octanol–water partition coefficient (Wildman–Crippen LogP) is 4.08. The molecule has 124 valence electrons. The van der Waals surface area contributed by atoms with Crippen molar-refractivity contribution < 1.29 is 14.2 Å². The highest BCUT2D eigenvalue weighted by atomic mass is 16.7. The standard InChI is InChI=1S/C19H25NO3/c1-3-21-19(22-4-2)14-20-17-10-12-18(13-11-17)23-15-16-8-6-5-7-9-16/h5-13,19-20H,3-4,14-15H2,1-2H3. The van der Waals surface area contributed by atoms with E-state index in [4.69, 9.17) is 14.2 Å². The van der Waals surface area contributed by atoms with E-state index in [1.807, 2.05) is 56.3 Å². The first-order valence-electron chi connectivity index (χ1n) is 8.05. The molecule has 0 atom stereocenters. The van der Waals surface area contributed by atoms with Crippen molar-refractivity contribution in [2.24, 2.45) is 0 Å². The molecule has 0 heterocycles. The van der Waals surface area contributed by atoms with Gasteiger partial charge in [0.05, 0.1) is 6.54 Å². The van der Waals surface area contributed by atoms with Gasteiger partial charge in [-0.2, -0.15) is 0 Å². The molecule has 0 fully saturated rings. The monoisotopic (exact) mass is 315 g/mol. The quantitative estimate of drug-likeness (QED) is 0.671. The van der Waals surface area contributed by atoms with E-state index in [0.717, 1.165) is 17.0 Å². The Balaban J connectivity index is 1.79. The zero-order valence-electron chi connectivity index (χ0n) is 13.8. The first-order valence-corrected chi connectivity index (χ1v) is 8.05. The molecule has 0 aliphatic carbocycles. The normalized spacial score (nSPS) is 10.7. The van der Waals surface area contributed by atoms with Crippen molar-refractivity contribution in [2.45, 2.75) is 26.7 Å². The average molecular weight is 315 g/mol. The first-order chi connectivity index (χ1) is 11.3. The van der Waals surface area contributed by atoms with Crippen LogP contribution in [0.5, 0.6) is 5.75 Å². The Labute approximate surface area is 138 Å². The maximum Gasteiger partial charge on any atom is 0.174 e. The van der Waals surface area contributed by atoms with Crippen LogP contribution in [0.4, 0.5) is 5.69 Å². The molecule has 23 heavy (non-hydrogen) atoms. The fourth-order valence-corrected chi connectivity index (χ4v) is 2.15. The second-order valence-corrected chi connectivity index (χ2v) is 5.02. The molecule has 0 unspecified atom stereocenters. The Morgan fingerprint density at radius 1 is 0.870 bits per heavy atom. The third kappa shape index (κ3) is 6.30. The van der Waals surface area contributed by atoms with Crippen LogP contribution < -0.4 is 10.1 Å². The SMILES string of the molecule is CCOC(CNc1ccc(OCc2ccccc2)cc1)OCC. The lowest BCUT2D eigenvalue weighted by atomic mass is 10.2. The molecule has 0 saturated carbocycles. The molecule has 2 aromatic rings. The summed E-state index contributed by atoms with van der Waals surface area (Å²) < 4.78 is 16.8. The molecule has 4 heteroatoms. The van der Waals surface area contributed by atoms with Crippen LogP contribution in [-0.4, -0.2) is 26.0 Å². The van der Waals surface area contributed by atoms with Crippen molar-refractivity contribution in [2.75, 3.05) is 25.1 Å². The molecule has 1 N–H and O–H groups in total. The number of benzene rings is 2. The van der Waals surface area contributed by atoms with E-state index in [2.05, 4.69) is 17.4 Å². The number of hydrogen-bond donors (Lipinski definition) is 1. The van der Waals surface area contributed by atoms with Crippen LogP contribution >= 0.6 is 0 Å². The molecule has 2 rings (SSSR count). The minimum atomic E-state index is -0.223. The number of ether oxygens (including phenoxy) is 3. The Morgan fingerprint density at radius 2 is 1.52 bits per heavy atom. The van der Waals surface area contributed by atoms with Crippen molar-refractivity contribution in [1.29, 1.82) is 0 Å². The average Bonchev–Trinajstić information content (AvgIpc) is 2.60. The van der Waals surface area contributed by atoms with Crippen molar-refractivity contribution in [3.8, 4) is 5.75 Å². The van der Waals surface area contributed by atoms with Crippen LogP contribution in [0.1, 0.15) is 19.4 Å². The summed E-state index contributed by atoms with van der Waals surface area (Å²) in [4.78, 5) is 0. The van der Waals surface area contributed by atoms with E-state index in [-0.39, 0.29) is 6.29 Å². The van der Waals surface area contributed by atoms with Gasteiger partial charge in [-0.25, -0.2) is 0 Å². The fraction of sp³-hybridized carbons (Fsp3) is 0.368. The molecule has 0 bridgehead atoms. The predicted molar refractivity (Wildman–Crippen MR) is 92.7 cm³/mol. The number of hydrogen-bond acceptors (Lipinski definition) is 4. The summed E-state index contributed by atoms with van der Waals surface area (Å²) in [6.45, 7) is 6.39. The van der Waals surface area contributed by atoms with Gasteiger partial charge >= 0.3 is 0 Å². The smallest absolute Gasteiger partial charge is 0.174 e. The maximum atomic E-state index is 5.77. The van der Waals surface area contributed by atoms with Gasteiger partial charge in [-0.15, -0.1) is 0 Å². The van der Waals surface area contributed by atoms with Crippen LogP contribution in [0.15, 0.2) is 54.6 Å². The minimum Gasteiger partial charge on any atom is -0.489 e. The van der Waals surface area contributed by atoms with Gasteiger partial charge in [0.1, 0.15) is 12.4 Å². The third-order valence-corrected chi connectivity index (χ3v) is 3.28. The molecule has 0 aliphatic rings. The minimum absolute atomic E-state index is 0.223. The Hall–Kier alpha value is -2.04. The summed E-state index contributed by atoms with van der Waals surface area (Å²) in [5.74, 6) is 0.852. The van der Waals surface area contributed by atoms with Crippen LogP contribution in [0, 0.1) is 0 Å². The third-order valence-electron chi connectivity index (χ3n) is 3.28. The zero-order chi connectivity index (χ0) is 16.3. The number of rotatable bonds is 10. The largest absolute Gasteiger partial charge is 0.489 e. The lowest BCUT2D eigenvalue weighted by molar-refractivity contribution is -0.126. The first kappa shape index (κ1) is 17.3. The molecule has 0 aromatic heterocycles. The lowest BCUT2D eigenvalue weighted by Gasteiger charge is -2.18.